The van der Waals surface area contributed by atoms with E-state index >= 15 is 0 Å². The van der Waals surface area contributed by atoms with Gasteiger partial charge in [0.15, 0.2) is 0 Å². The van der Waals surface area contributed by atoms with Gasteiger partial charge in [-0.15, -0.1) is 0 Å². The highest BCUT2D eigenvalue weighted by Gasteiger charge is 2.33. The summed E-state index contributed by atoms with van der Waals surface area (Å²) in [4.78, 5) is 2.34. The number of hydrogen-bond donors (Lipinski definition) is 1. The zero-order chi connectivity index (χ0) is 13.9. The molecule has 1 atom stereocenters. The summed E-state index contributed by atoms with van der Waals surface area (Å²) in [7, 11) is 0. The highest BCUT2D eigenvalue weighted by molar-refractivity contribution is 5.24. The predicted molar refractivity (Wildman–Crippen MR) is 75.5 cm³/mol. The van der Waals surface area contributed by atoms with E-state index < -0.39 is 0 Å². The molecule has 1 saturated heterocycles. The monoisotopic (exact) mass is 280 g/mol. The second-order valence-electron chi connectivity index (χ2n) is 5.94. The zero-order valence-corrected chi connectivity index (χ0v) is 11.7. The Morgan fingerprint density at radius 3 is 2.50 bits per heavy atom. The lowest BCUT2D eigenvalue weighted by atomic mass is 9.89. The summed E-state index contributed by atoms with van der Waals surface area (Å²) in [5.74, 6) is -0.134. The number of hydrogen-bond acceptors (Lipinski definition) is 2. The van der Waals surface area contributed by atoms with Crippen LogP contribution in [0.4, 0.5) is 8.78 Å². The number of benzene rings is 1. The van der Waals surface area contributed by atoms with Gasteiger partial charge in [-0.3, -0.25) is 4.90 Å². The van der Waals surface area contributed by atoms with Crippen molar-refractivity contribution in [1.82, 2.24) is 10.2 Å². The summed E-state index contributed by atoms with van der Waals surface area (Å²) in [5, 5.41) is 3.33. The van der Waals surface area contributed by atoms with Crippen LogP contribution >= 0.6 is 0 Å². The molecule has 0 aromatic heterocycles. The molecule has 2 fully saturated rings. The molecule has 0 bridgehead atoms. The van der Waals surface area contributed by atoms with Crippen LogP contribution in [0, 0.1) is 17.6 Å². The van der Waals surface area contributed by atoms with Crippen molar-refractivity contribution in [2.75, 3.05) is 26.2 Å². The molecule has 0 spiro atoms. The molecule has 1 N–H and O–H groups in total. The van der Waals surface area contributed by atoms with Gasteiger partial charge in [0.2, 0.25) is 0 Å². The number of halogens is 2. The Morgan fingerprint density at radius 1 is 1.10 bits per heavy atom. The van der Waals surface area contributed by atoms with Gasteiger partial charge in [0, 0.05) is 37.8 Å². The Hall–Kier alpha value is -1.00. The van der Waals surface area contributed by atoms with Gasteiger partial charge in [-0.1, -0.05) is 12.8 Å². The van der Waals surface area contributed by atoms with E-state index in [1.165, 1.54) is 31.0 Å². The second kappa shape index (κ2) is 6.19. The lowest BCUT2D eigenvalue weighted by Gasteiger charge is -2.38. The van der Waals surface area contributed by atoms with E-state index in [2.05, 4.69) is 10.2 Å². The Kier molecular flexibility index (Phi) is 4.32. The SMILES string of the molecule is Fc1ccc(F)c([C@@H](C2CCCC2)N2CCNCC2)c1. The molecule has 1 aromatic carbocycles. The number of rotatable bonds is 3. The third-order valence-corrected chi connectivity index (χ3v) is 4.67. The molecular formula is C16H22F2N2. The van der Waals surface area contributed by atoms with Gasteiger partial charge in [0.25, 0.3) is 0 Å². The predicted octanol–water partition coefficient (Wildman–Crippen LogP) is 3.10. The number of nitrogens with one attached hydrogen (secondary N) is 1. The van der Waals surface area contributed by atoms with Crippen LogP contribution in [0.1, 0.15) is 37.3 Å². The standard InChI is InChI=1S/C16H22F2N2/c17-13-5-6-15(18)14(11-13)16(12-3-1-2-4-12)20-9-7-19-8-10-20/h5-6,11-12,16,19H,1-4,7-10H2/t16-/m1/s1. The summed E-state index contributed by atoms with van der Waals surface area (Å²) in [6.07, 6.45) is 4.68. The Morgan fingerprint density at radius 2 is 1.80 bits per heavy atom. The maximum absolute atomic E-state index is 14.2. The van der Waals surface area contributed by atoms with Crippen molar-refractivity contribution in [3.05, 3.63) is 35.4 Å². The fourth-order valence-corrected chi connectivity index (χ4v) is 3.72. The summed E-state index contributed by atoms with van der Waals surface area (Å²) in [5.41, 5.74) is 0.554. The van der Waals surface area contributed by atoms with E-state index in [1.807, 2.05) is 0 Å². The molecule has 1 aromatic rings. The first kappa shape index (κ1) is 14.0. The van der Waals surface area contributed by atoms with Crippen molar-refractivity contribution >= 4 is 0 Å². The van der Waals surface area contributed by atoms with Crippen molar-refractivity contribution in [2.45, 2.75) is 31.7 Å². The van der Waals surface area contributed by atoms with Gasteiger partial charge in [-0.05, 0) is 37.0 Å². The molecule has 2 nitrogen and oxygen atoms in total. The first-order chi connectivity index (χ1) is 9.75. The van der Waals surface area contributed by atoms with Gasteiger partial charge in [-0.2, -0.15) is 0 Å². The molecule has 20 heavy (non-hydrogen) atoms. The third-order valence-electron chi connectivity index (χ3n) is 4.67. The Labute approximate surface area is 119 Å². The van der Waals surface area contributed by atoms with Crippen molar-refractivity contribution in [3.8, 4) is 0 Å². The number of nitrogens with zero attached hydrogens (tertiary/aromatic N) is 1. The average Bonchev–Trinajstić information content (AvgIpc) is 2.98. The summed E-state index contributed by atoms with van der Waals surface area (Å²) < 4.78 is 27.8. The van der Waals surface area contributed by atoms with Gasteiger partial charge in [-0.25, -0.2) is 8.78 Å². The van der Waals surface area contributed by atoms with E-state index in [-0.39, 0.29) is 17.7 Å². The first-order valence-electron chi connectivity index (χ1n) is 7.65. The molecule has 4 heteroatoms. The smallest absolute Gasteiger partial charge is 0.128 e. The van der Waals surface area contributed by atoms with Crippen LogP contribution in [-0.2, 0) is 0 Å². The molecule has 0 unspecified atom stereocenters. The normalized spacial score (nSPS) is 23.1. The first-order valence-corrected chi connectivity index (χ1v) is 7.65. The zero-order valence-electron chi connectivity index (χ0n) is 11.7. The Bertz CT molecular complexity index is 452. The third kappa shape index (κ3) is 2.86. The Balaban J connectivity index is 1.92. The van der Waals surface area contributed by atoms with Crippen LogP contribution in [0.5, 0.6) is 0 Å². The van der Waals surface area contributed by atoms with E-state index in [1.54, 1.807) is 0 Å². The molecule has 0 amide bonds. The highest BCUT2D eigenvalue weighted by Crippen LogP contribution is 2.40. The maximum Gasteiger partial charge on any atom is 0.128 e. The largest absolute Gasteiger partial charge is 0.314 e. The fraction of sp³-hybridized carbons (Fsp3) is 0.625. The molecule has 2 aliphatic rings. The summed E-state index contributed by atoms with van der Waals surface area (Å²) >= 11 is 0. The van der Waals surface area contributed by atoms with E-state index in [4.69, 9.17) is 0 Å². The van der Waals surface area contributed by atoms with Gasteiger partial charge in [0.1, 0.15) is 11.6 Å². The minimum absolute atomic E-state index is 0.0373. The molecule has 3 rings (SSSR count). The molecule has 1 aliphatic heterocycles. The van der Waals surface area contributed by atoms with Crippen LogP contribution in [-0.4, -0.2) is 31.1 Å². The minimum Gasteiger partial charge on any atom is -0.314 e. The van der Waals surface area contributed by atoms with Crippen LogP contribution in [0.25, 0.3) is 0 Å². The van der Waals surface area contributed by atoms with Crippen molar-refractivity contribution < 1.29 is 8.78 Å². The summed E-state index contributed by atoms with van der Waals surface area (Å²) in [6.45, 7) is 3.69. The maximum atomic E-state index is 14.2. The average molecular weight is 280 g/mol. The van der Waals surface area contributed by atoms with E-state index in [9.17, 15) is 8.78 Å². The number of piperazine rings is 1. The van der Waals surface area contributed by atoms with Crippen molar-refractivity contribution in [3.63, 3.8) is 0 Å². The fourth-order valence-electron chi connectivity index (χ4n) is 3.72. The van der Waals surface area contributed by atoms with Gasteiger partial charge >= 0.3 is 0 Å². The second-order valence-corrected chi connectivity index (χ2v) is 5.94. The summed E-state index contributed by atoms with van der Waals surface area (Å²) in [6, 6.07) is 3.92. The van der Waals surface area contributed by atoms with Crippen LogP contribution in [0.2, 0.25) is 0 Å². The molecule has 0 radical (unpaired) electrons. The van der Waals surface area contributed by atoms with Gasteiger partial charge < -0.3 is 5.32 Å². The molecule has 110 valence electrons. The lowest BCUT2D eigenvalue weighted by molar-refractivity contribution is 0.122. The van der Waals surface area contributed by atoms with Crippen LogP contribution in [0.3, 0.4) is 0 Å². The molecule has 1 saturated carbocycles. The quantitative estimate of drug-likeness (QED) is 0.915. The van der Waals surface area contributed by atoms with Gasteiger partial charge in [0.05, 0.1) is 0 Å². The molecular weight excluding hydrogens is 258 g/mol. The van der Waals surface area contributed by atoms with E-state index in [0.717, 1.165) is 39.0 Å². The highest BCUT2D eigenvalue weighted by atomic mass is 19.1. The van der Waals surface area contributed by atoms with Crippen molar-refractivity contribution in [1.29, 1.82) is 0 Å². The van der Waals surface area contributed by atoms with Crippen LogP contribution < -0.4 is 5.32 Å². The topological polar surface area (TPSA) is 15.3 Å². The van der Waals surface area contributed by atoms with Crippen molar-refractivity contribution in [2.24, 2.45) is 5.92 Å². The molecule has 1 aliphatic carbocycles. The minimum atomic E-state index is -0.334. The molecule has 1 heterocycles. The lowest BCUT2D eigenvalue weighted by Crippen LogP contribution is -2.47. The van der Waals surface area contributed by atoms with Crippen LogP contribution in [0.15, 0.2) is 18.2 Å². The van der Waals surface area contributed by atoms with E-state index in [0.29, 0.717) is 11.5 Å².